The SMILES string of the molecule is CCN(CC)C1CCC[C@H]1Oc1ccc2c(c1)CN(C1CCC(=O)NC1=O)C2=O. The number of ether oxygens (including phenoxy) is 1. The number of hydrogen-bond donors (Lipinski definition) is 1. The fraction of sp³-hybridized carbons (Fsp3) is 0.591. The van der Waals surface area contributed by atoms with Gasteiger partial charge in [-0.3, -0.25) is 24.6 Å². The number of nitrogens with one attached hydrogen (secondary N) is 1. The van der Waals surface area contributed by atoms with E-state index in [4.69, 9.17) is 4.74 Å². The van der Waals surface area contributed by atoms with Crippen molar-refractivity contribution in [2.24, 2.45) is 0 Å². The highest BCUT2D eigenvalue weighted by molar-refractivity contribution is 6.05. The molecule has 2 heterocycles. The van der Waals surface area contributed by atoms with Crippen molar-refractivity contribution in [2.75, 3.05) is 13.1 Å². The molecule has 3 atom stereocenters. The molecular weight excluding hydrogens is 370 g/mol. The van der Waals surface area contributed by atoms with Crippen LogP contribution in [0.4, 0.5) is 0 Å². The summed E-state index contributed by atoms with van der Waals surface area (Å²) in [6.07, 6.45) is 4.16. The van der Waals surface area contributed by atoms with Crippen LogP contribution in [0, 0.1) is 0 Å². The molecule has 2 aliphatic heterocycles. The minimum Gasteiger partial charge on any atom is -0.489 e. The zero-order chi connectivity index (χ0) is 20.5. The summed E-state index contributed by atoms with van der Waals surface area (Å²) < 4.78 is 6.35. The first-order valence-corrected chi connectivity index (χ1v) is 10.7. The van der Waals surface area contributed by atoms with Crippen molar-refractivity contribution in [3.63, 3.8) is 0 Å². The van der Waals surface area contributed by atoms with Crippen molar-refractivity contribution < 1.29 is 19.1 Å². The number of rotatable bonds is 6. The average Bonchev–Trinajstić information content (AvgIpc) is 3.28. The van der Waals surface area contributed by atoms with E-state index in [2.05, 4.69) is 24.1 Å². The van der Waals surface area contributed by atoms with Gasteiger partial charge in [0, 0.05) is 24.6 Å². The number of carbonyl (C=O) groups excluding carboxylic acids is 3. The molecule has 7 heteroatoms. The molecule has 156 valence electrons. The number of likely N-dealkylation sites (N-methyl/N-ethyl adjacent to an activating group) is 1. The van der Waals surface area contributed by atoms with E-state index in [-0.39, 0.29) is 30.2 Å². The van der Waals surface area contributed by atoms with Crippen molar-refractivity contribution in [3.05, 3.63) is 29.3 Å². The van der Waals surface area contributed by atoms with Gasteiger partial charge in [0.15, 0.2) is 0 Å². The standard InChI is InChI=1S/C22H29N3O4/c1-3-24(4-2)17-6-5-7-19(17)29-15-8-9-16-14(12-15)13-25(22(16)28)18-10-11-20(26)23-21(18)27/h8-9,12,17-19H,3-7,10-11,13H2,1-2H3,(H,23,26,27)/t17?,18?,19-/m1/s1. The van der Waals surface area contributed by atoms with Gasteiger partial charge >= 0.3 is 0 Å². The summed E-state index contributed by atoms with van der Waals surface area (Å²) >= 11 is 0. The van der Waals surface area contributed by atoms with E-state index >= 15 is 0 Å². The Morgan fingerprint density at radius 2 is 1.93 bits per heavy atom. The van der Waals surface area contributed by atoms with Gasteiger partial charge < -0.3 is 9.64 Å². The number of hydrogen-bond acceptors (Lipinski definition) is 5. The molecule has 0 radical (unpaired) electrons. The number of fused-ring (bicyclic) bond motifs is 1. The highest BCUT2D eigenvalue weighted by atomic mass is 16.5. The van der Waals surface area contributed by atoms with Gasteiger partial charge in [0.25, 0.3) is 5.91 Å². The quantitative estimate of drug-likeness (QED) is 0.741. The van der Waals surface area contributed by atoms with Crippen LogP contribution in [0.3, 0.4) is 0 Å². The Bertz CT molecular complexity index is 820. The molecule has 1 aromatic carbocycles. The van der Waals surface area contributed by atoms with Gasteiger partial charge in [-0.2, -0.15) is 0 Å². The van der Waals surface area contributed by atoms with Crippen LogP contribution in [0.1, 0.15) is 61.9 Å². The number of carbonyl (C=O) groups is 3. The molecule has 3 amide bonds. The summed E-state index contributed by atoms with van der Waals surface area (Å²) in [7, 11) is 0. The van der Waals surface area contributed by atoms with E-state index in [0.29, 0.717) is 24.6 Å². The van der Waals surface area contributed by atoms with E-state index in [9.17, 15) is 14.4 Å². The molecule has 4 rings (SSSR count). The van der Waals surface area contributed by atoms with Crippen LogP contribution in [0.2, 0.25) is 0 Å². The van der Waals surface area contributed by atoms with Crippen LogP contribution < -0.4 is 10.1 Å². The zero-order valence-electron chi connectivity index (χ0n) is 17.1. The van der Waals surface area contributed by atoms with Gasteiger partial charge in [0.2, 0.25) is 11.8 Å². The molecule has 1 saturated heterocycles. The largest absolute Gasteiger partial charge is 0.489 e. The molecule has 29 heavy (non-hydrogen) atoms. The van der Waals surface area contributed by atoms with Gasteiger partial charge in [-0.05, 0) is 62.5 Å². The molecule has 1 aliphatic carbocycles. The first-order valence-electron chi connectivity index (χ1n) is 10.7. The van der Waals surface area contributed by atoms with Crippen LogP contribution >= 0.6 is 0 Å². The fourth-order valence-electron chi connectivity index (χ4n) is 4.95. The molecule has 0 bridgehead atoms. The Morgan fingerprint density at radius 3 is 2.66 bits per heavy atom. The number of imide groups is 1. The minimum absolute atomic E-state index is 0.150. The van der Waals surface area contributed by atoms with Crippen LogP contribution in [-0.2, 0) is 16.1 Å². The zero-order valence-corrected chi connectivity index (χ0v) is 17.1. The lowest BCUT2D eigenvalue weighted by Crippen LogP contribution is -2.52. The van der Waals surface area contributed by atoms with E-state index in [1.807, 2.05) is 12.1 Å². The predicted octanol–water partition coefficient (Wildman–Crippen LogP) is 2.09. The fourth-order valence-corrected chi connectivity index (χ4v) is 4.95. The number of amides is 3. The van der Waals surface area contributed by atoms with Crippen LogP contribution in [0.5, 0.6) is 5.75 Å². The average molecular weight is 399 g/mol. The second-order valence-electron chi connectivity index (χ2n) is 8.09. The molecule has 2 unspecified atom stereocenters. The molecule has 0 spiro atoms. The lowest BCUT2D eigenvalue weighted by molar-refractivity contribution is -0.136. The van der Waals surface area contributed by atoms with Crippen molar-refractivity contribution in [1.82, 2.24) is 15.1 Å². The molecule has 0 aromatic heterocycles. The van der Waals surface area contributed by atoms with Gasteiger partial charge in [-0.25, -0.2) is 0 Å². The summed E-state index contributed by atoms with van der Waals surface area (Å²) in [4.78, 5) is 40.4. The second kappa shape index (κ2) is 8.14. The van der Waals surface area contributed by atoms with Crippen molar-refractivity contribution in [2.45, 2.75) is 70.7 Å². The Hall–Kier alpha value is -2.41. The van der Waals surface area contributed by atoms with Gasteiger partial charge in [0.1, 0.15) is 17.9 Å². The first kappa shape index (κ1) is 19.9. The maximum Gasteiger partial charge on any atom is 0.255 e. The Kier molecular flexibility index (Phi) is 5.58. The summed E-state index contributed by atoms with van der Waals surface area (Å²) in [6, 6.07) is 5.46. The van der Waals surface area contributed by atoms with E-state index in [1.165, 1.54) is 6.42 Å². The maximum absolute atomic E-state index is 12.8. The third-order valence-electron chi connectivity index (χ3n) is 6.48. The summed E-state index contributed by atoms with van der Waals surface area (Å²) in [5, 5.41) is 2.34. The van der Waals surface area contributed by atoms with Crippen LogP contribution in [-0.4, -0.2) is 58.8 Å². The highest BCUT2D eigenvalue weighted by Gasteiger charge is 2.39. The topological polar surface area (TPSA) is 79.0 Å². The Labute approximate surface area is 171 Å². The highest BCUT2D eigenvalue weighted by Crippen LogP contribution is 2.33. The number of nitrogens with zero attached hydrogens (tertiary/aromatic N) is 2. The second-order valence-corrected chi connectivity index (χ2v) is 8.09. The van der Waals surface area contributed by atoms with Crippen LogP contribution in [0.15, 0.2) is 18.2 Å². The van der Waals surface area contributed by atoms with Gasteiger partial charge in [0.05, 0.1) is 0 Å². The van der Waals surface area contributed by atoms with Crippen molar-refractivity contribution in [3.8, 4) is 5.75 Å². The predicted molar refractivity (Wildman–Crippen MR) is 107 cm³/mol. The maximum atomic E-state index is 12.8. The van der Waals surface area contributed by atoms with Crippen LogP contribution in [0.25, 0.3) is 0 Å². The molecule has 3 aliphatic rings. The summed E-state index contributed by atoms with van der Waals surface area (Å²) in [5.74, 6) is -0.0222. The number of piperidine rings is 1. The third-order valence-corrected chi connectivity index (χ3v) is 6.48. The normalized spacial score (nSPS) is 26.8. The van der Waals surface area contributed by atoms with E-state index in [0.717, 1.165) is 37.2 Å². The lowest BCUT2D eigenvalue weighted by atomic mass is 10.0. The smallest absolute Gasteiger partial charge is 0.255 e. The van der Waals surface area contributed by atoms with Crippen molar-refractivity contribution >= 4 is 17.7 Å². The molecule has 1 saturated carbocycles. The Morgan fingerprint density at radius 1 is 1.14 bits per heavy atom. The summed E-state index contributed by atoms with van der Waals surface area (Å²) in [6.45, 7) is 6.77. The molecule has 2 fully saturated rings. The van der Waals surface area contributed by atoms with E-state index in [1.54, 1.807) is 11.0 Å². The molecule has 1 N–H and O–H groups in total. The third kappa shape index (κ3) is 3.75. The van der Waals surface area contributed by atoms with Gasteiger partial charge in [-0.1, -0.05) is 13.8 Å². The molecule has 1 aromatic rings. The summed E-state index contributed by atoms with van der Waals surface area (Å²) in [5.41, 5.74) is 1.50. The number of benzene rings is 1. The first-order chi connectivity index (χ1) is 14.0. The lowest BCUT2D eigenvalue weighted by Gasteiger charge is -2.31. The molecule has 7 nitrogen and oxygen atoms in total. The Balaban J connectivity index is 1.48. The van der Waals surface area contributed by atoms with Gasteiger partial charge in [-0.15, -0.1) is 0 Å². The monoisotopic (exact) mass is 399 g/mol. The van der Waals surface area contributed by atoms with E-state index < -0.39 is 6.04 Å². The minimum atomic E-state index is -0.584. The molecular formula is C22H29N3O4. The van der Waals surface area contributed by atoms with Crippen molar-refractivity contribution in [1.29, 1.82) is 0 Å².